The van der Waals surface area contributed by atoms with Gasteiger partial charge in [0.1, 0.15) is 11.9 Å². The van der Waals surface area contributed by atoms with Gasteiger partial charge in [-0.1, -0.05) is 11.3 Å². The molecule has 11 heteroatoms. The highest BCUT2D eigenvalue weighted by Crippen LogP contribution is 2.29. The summed E-state index contributed by atoms with van der Waals surface area (Å²) in [6.45, 7) is 3.93. The molecule has 0 radical (unpaired) electrons. The highest BCUT2D eigenvalue weighted by molar-refractivity contribution is 7.15. The summed E-state index contributed by atoms with van der Waals surface area (Å²) < 4.78 is 19.9. The monoisotopic (exact) mass is 435 g/mol. The molecule has 1 amide bonds. The minimum atomic E-state index is -0.514. The first-order chi connectivity index (χ1) is 14.4. The van der Waals surface area contributed by atoms with E-state index in [9.17, 15) is 19.3 Å². The number of piperazine rings is 1. The summed E-state index contributed by atoms with van der Waals surface area (Å²) in [4.78, 5) is 28.9. The number of nitro groups is 1. The molecule has 4 rings (SSSR count). The highest BCUT2D eigenvalue weighted by atomic mass is 32.1. The van der Waals surface area contributed by atoms with E-state index in [4.69, 9.17) is 10.5 Å². The Hall–Kier alpha value is -2.76. The molecule has 2 N–H and O–H groups in total. The topological polar surface area (TPSA) is 105 Å². The SMILES string of the molecule is NCC1CN(c2ccc(N3CCN(Cc4ccc([N+](=O)[O-])s4)CC3)c(F)c2)C(=O)O1. The molecule has 2 fully saturated rings. The van der Waals surface area contributed by atoms with E-state index in [1.165, 1.54) is 28.4 Å². The van der Waals surface area contributed by atoms with Crippen LogP contribution in [0.4, 0.5) is 25.6 Å². The lowest BCUT2D eigenvalue weighted by atomic mass is 10.2. The Balaban J connectivity index is 1.36. The van der Waals surface area contributed by atoms with Crippen molar-refractivity contribution in [2.45, 2.75) is 12.6 Å². The molecule has 0 saturated carbocycles. The maximum Gasteiger partial charge on any atom is 0.414 e. The summed E-state index contributed by atoms with van der Waals surface area (Å²) in [5.74, 6) is -0.390. The molecule has 30 heavy (non-hydrogen) atoms. The van der Waals surface area contributed by atoms with Crippen LogP contribution in [0, 0.1) is 15.9 Å². The van der Waals surface area contributed by atoms with Gasteiger partial charge >= 0.3 is 11.1 Å². The van der Waals surface area contributed by atoms with Crippen molar-refractivity contribution in [3.8, 4) is 0 Å². The molecule has 0 aliphatic carbocycles. The fraction of sp³-hybridized carbons (Fsp3) is 0.421. The van der Waals surface area contributed by atoms with Crippen molar-refractivity contribution in [3.05, 3.63) is 51.1 Å². The van der Waals surface area contributed by atoms with Crippen molar-refractivity contribution in [2.75, 3.05) is 49.1 Å². The summed E-state index contributed by atoms with van der Waals surface area (Å²) >= 11 is 1.19. The maximum absolute atomic E-state index is 14.8. The van der Waals surface area contributed by atoms with Crippen molar-refractivity contribution in [2.24, 2.45) is 5.73 Å². The van der Waals surface area contributed by atoms with Crippen LogP contribution < -0.4 is 15.5 Å². The van der Waals surface area contributed by atoms with Gasteiger partial charge in [0, 0.05) is 50.2 Å². The van der Waals surface area contributed by atoms with E-state index in [0.717, 1.165) is 18.0 Å². The Morgan fingerprint density at radius 2 is 2.00 bits per heavy atom. The van der Waals surface area contributed by atoms with E-state index >= 15 is 0 Å². The number of carbonyl (C=O) groups is 1. The van der Waals surface area contributed by atoms with Crippen LogP contribution in [0.15, 0.2) is 30.3 Å². The number of rotatable bonds is 6. The van der Waals surface area contributed by atoms with Gasteiger partial charge in [0.2, 0.25) is 0 Å². The van der Waals surface area contributed by atoms with Gasteiger partial charge in [-0.15, -0.1) is 0 Å². The molecular weight excluding hydrogens is 413 g/mol. The zero-order valence-electron chi connectivity index (χ0n) is 16.2. The number of thiophene rings is 1. The van der Waals surface area contributed by atoms with Crippen LogP contribution in [0.1, 0.15) is 4.88 Å². The van der Waals surface area contributed by atoms with E-state index < -0.39 is 6.09 Å². The third-order valence-corrected chi connectivity index (χ3v) is 6.32. The summed E-state index contributed by atoms with van der Waals surface area (Å²) in [6, 6.07) is 8.07. The van der Waals surface area contributed by atoms with E-state index in [1.54, 1.807) is 18.2 Å². The van der Waals surface area contributed by atoms with Crippen molar-refractivity contribution in [1.82, 2.24) is 4.90 Å². The molecule has 1 aromatic carbocycles. The van der Waals surface area contributed by atoms with Gasteiger partial charge in [-0.25, -0.2) is 9.18 Å². The maximum atomic E-state index is 14.8. The van der Waals surface area contributed by atoms with Crippen molar-refractivity contribution >= 4 is 33.8 Å². The minimum absolute atomic E-state index is 0.144. The van der Waals surface area contributed by atoms with Gasteiger partial charge in [-0.2, -0.15) is 0 Å². The second kappa shape index (κ2) is 8.54. The fourth-order valence-electron chi connectivity index (χ4n) is 3.69. The molecule has 0 spiro atoms. The number of nitrogens with two attached hydrogens (primary N) is 1. The van der Waals surface area contributed by atoms with E-state index in [1.807, 2.05) is 4.90 Å². The zero-order valence-corrected chi connectivity index (χ0v) is 17.0. The molecule has 160 valence electrons. The fourth-order valence-corrected chi connectivity index (χ4v) is 4.55. The summed E-state index contributed by atoms with van der Waals surface area (Å²) in [7, 11) is 0. The van der Waals surface area contributed by atoms with Gasteiger partial charge in [0.05, 0.1) is 22.8 Å². The van der Waals surface area contributed by atoms with Crippen molar-refractivity contribution < 1.29 is 18.8 Å². The van der Waals surface area contributed by atoms with Crippen molar-refractivity contribution in [1.29, 1.82) is 0 Å². The van der Waals surface area contributed by atoms with Crippen LogP contribution >= 0.6 is 11.3 Å². The van der Waals surface area contributed by atoms with Gasteiger partial charge in [-0.3, -0.25) is 19.9 Å². The molecule has 9 nitrogen and oxygen atoms in total. The van der Waals surface area contributed by atoms with Crippen LogP contribution in [0.5, 0.6) is 0 Å². The van der Waals surface area contributed by atoms with Crippen LogP contribution in [0.3, 0.4) is 0 Å². The second-order valence-corrected chi connectivity index (χ2v) is 8.39. The molecule has 2 aliphatic rings. The Morgan fingerprint density at radius 1 is 1.23 bits per heavy atom. The molecule has 1 atom stereocenters. The molecule has 2 aliphatic heterocycles. The molecule has 1 unspecified atom stereocenters. The van der Waals surface area contributed by atoms with Crippen molar-refractivity contribution in [3.63, 3.8) is 0 Å². The number of cyclic esters (lactones) is 1. The second-order valence-electron chi connectivity index (χ2n) is 7.25. The average Bonchev–Trinajstić information content (AvgIpc) is 3.35. The molecular formula is C19H22FN5O4S. The smallest absolute Gasteiger partial charge is 0.414 e. The van der Waals surface area contributed by atoms with E-state index in [0.29, 0.717) is 37.6 Å². The third kappa shape index (κ3) is 4.23. The standard InChI is InChI=1S/C19H22FN5O4S/c20-16-9-13(24-11-14(10-21)29-19(24)26)1-3-17(16)23-7-5-22(6-8-23)12-15-2-4-18(30-15)25(27)28/h1-4,9,14H,5-8,10-12,21H2. The van der Waals surface area contributed by atoms with E-state index in [-0.39, 0.29) is 28.4 Å². The minimum Gasteiger partial charge on any atom is -0.443 e. The molecule has 2 saturated heterocycles. The molecule has 3 heterocycles. The number of hydrogen-bond donors (Lipinski definition) is 1. The third-order valence-electron chi connectivity index (χ3n) is 5.30. The lowest BCUT2D eigenvalue weighted by Gasteiger charge is -2.36. The van der Waals surface area contributed by atoms with Gasteiger partial charge < -0.3 is 15.4 Å². The van der Waals surface area contributed by atoms with Gasteiger partial charge in [0.25, 0.3) is 0 Å². The number of ether oxygens (including phenoxy) is 1. The lowest BCUT2D eigenvalue weighted by molar-refractivity contribution is -0.380. The Kier molecular flexibility index (Phi) is 5.84. The number of hydrogen-bond acceptors (Lipinski definition) is 8. The normalized spacial score (nSPS) is 19.9. The van der Waals surface area contributed by atoms with Crippen LogP contribution in [-0.2, 0) is 11.3 Å². The molecule has 2 aromatic rings. The summed E-state index contributed by atoms with van der Waals surface area (Å²) in [5.41, 5.74) is 6.49. The predicted octanol–water partition coefficient (Wildman–Crippen LogP) is 2.40. The number of carbonyl (C=O) groups excluding carboxylic acids is 1. The first-order valence-corrected chi connectivity index (χ1v) is 10.4. The Bertz CT molecular complexity index is 947. The Morgan fingerprint density at radius 3 is 2.60 bits per heavy atom. The van der Waals surface area contributed by atoms with Crippen LogP contribution in [-0.4, -0.2) is 61.3 Å². The zero-order chi connectivity index (χ0) is 21.3. The first kappa shape index (κ1) is 20.5. The number of halogens is 1. The molecule has 0 bridgehead atoms. The number of benzene rings is 1. The molecule has 1 aromatic heterocycles. The summed E-state index contributed by atoms with van der Waals surface area (Å²) in [6.07, 6.45) is -0.891. The number of nitrogens with zero attached hydrogens (tertiary/aromatic N) is 4. The predicted molar refractivity (Wildman–Crippen MR) is 112 cm³/mol. The van der Waals surface area contributed by atoms with Gasteiger partial charge in [0.15, 0.2) is 0 Å². The van der Waals surface area contributed by atoms with E-state index in [2.05, 4.69) is 4.90 Å². The highest BCUT2D eigenvalue weighted by Gasteiger charge is 2.32. The number of anilines is 2. The number of amides is 1. The first-order valence-electron chi connectivity index (χ1n) is 9.63. The van der Waals surface area contributed by atoms with Gasteiger partial charge in [-0.05, 0) is 24.3 Å². The summed E-state index contributed by atoms with van der Waals surface area (Å²) in [5, 5.41) is 11.0. The Labute approximate surface area is 176 Å². The largest absolute Gasteiger partial charge is 0.443 e. The van der Waals surface area contributed by atoms with Crippen LogP contribution in [0.2, 0.25) is 0 Å². The average molecular weight is 435 g/mol. The quantitative estimate of drug-likeness (QED) is 0.549. The lowest BCUT2D eigenvalue weighted by Crippen LogP contribution is -2.46. The van der Waals surface area contributed by atoms with Crippen LogP contribution in [0.25, 0.3) is 0 Å².